The highest BCUT2D eigenvalue weighted by atomic mass is 15.2. The van der Waals surface area contributed by atoms with Crippen molar-refractivity contribution >= 4 is 14.2 Å². The Morgan fingerprint density at radius 3 is 1.47 bits per heavy atom. The number of nitrogens with zero attached hydrogens (tertiary/aromatic N) is 1. The van der Waals surface area contributed by atoms with Gasteiger partial charge in [0.25, 0.3) is 0 Å². The second kappa shape index (κ2) is 13.5. The molecule has 1 aliphatic rings. The second-order valence-electron chi connectivity index (χ2n) is 2.87. The summed E-state index contributed by atoms with van der Waals surface area (Å²) in [6.07, 6.45) is 0. The largest absolute Gasteiger partial charge is 0.272 e. The zero-order chi connectivity index (χ0) is 11.0. The number of likely N-dealkylation sites (N-methyl/N-ethyl adjacent to an activating group) is 1. The first-order valence-electron chi connectivity index (χ1n) is 5.46. The summed E-state index contributed by atoms with van der Waals surface area (Å²) >= 11 is 0. The molecule has 0 spiro atoms. The summed E-state index contributed by atoms with van der Waals surface area (Å²) in [6.45, 7) is 14.5. The Balaban J connectivity index is -0.0000000910. The molecule has 0 aromatic rings. The molecule has 3 radical (unpaired) electrons. The van der Waals surface area contributed by atoms with Crippen LogP contribution in [0, 0.1) is 0 Å². The summed E-state index contributed by atoms with van der Waals surface area (Å²) in [5.41, 5.74) is 0. The summed E-state index contributed by atoms with van der Waals surface area (Å²) in [4.78, 5) is 0. The average Bonchev–Trinajstić information content (AvgIpc) is 2.40. The van der Waals surface area contributed by atoms with Gasteiger partial charge in [-0.2, -0.15) is 0 Å². The Hall–Kier alpha value is -0.465. The molecule has 0 saturated carbocycles. The zero-order valence-electron chi connectivity index (χ0n) is 11.2. The highest BCUT2D eigenvalue weighted by Crippen LogP contribution is 2.02. The van der Waals surface area contributed by atoms with Crippen molar-refractivity contribution in [1.82, 2.24) is 5.32 Å². The van der Waals surface area contributed by atoms with Crippen molar-refractivity contribution in [3.63, 3.8) is 0 Å². The van der Waals surface area contributed by atoms with Crippen LogP contribution >= 0.6 is 0 Å². The number of nitrogens with one attached hydrogen (secondary N) is 1. The van der Waals surface area contributed by atoms with E-state index in [2.05, 4.69) is 37.7 Å². The lowest BCUT2D eigenvalue weighted by atomic mass is 10.2. The van der Waals surface area contributed by atoms with Crippen molar-refractivity contribution in [2.24, 2.45) is 0 Å². The van der Waals surface area contributed by atoms with Crippen LogP contribution in [0.4, 0.5) is 0 Å². The summed E-state index contributed by atoms with van der Waals surface area (Å²) in [5, 5.41) is 3.36. The predicted octanol–water partition coefficient (Wildman–Crippen LogP) is 2.74. The minimum atomic E-state index is 0. The van der Waals surface area contributed by atoms with Gasteiger partial charge >= 0.3 is 0 Å². The molecule has 3 heteroatoms. The van der Waals surface area contributed by atoms with Gasteiger partial charge in [0.1, 0.15) is 12.1 Å². The molecule has 2 nitrogen and oxygen atoms in total. The average molecular weight is 214 g/mol. The topological polar surface area (TPSA) is 15.0 Å². The SMILES string of the molecule is C.CC.CC.CC1=[N+](C)C(C)C(C)N1.[B]. The molecule has 0 aromatic carbocycles. The third-order valence-electron chi connectivity index (χ3n) is 2.30. The number of hydrogen-bond acceptors (Lipinski definition) is 1. The van der Waals surface area contributed by atoms with E-state index in [0.29, 0.717) is 12.1 Å². The molecule has 1 aliphatic heterocycles. The molecule has 2 atom stereocenters. The van der Waals surface area contributed by atoms with Gasteiger partial charge in [-0.05, 0) is 13.8 Å². The fourth-order valence-electron chi connectivity index (χ4n) is 1.19. The zero-order valence-corrected chi connectivity index (χ0v) is 11.2. The Kier molecular flexibility index (Phi) is 21.6. The molecule has 0 amide bonds. The van der Waals surface area contributed by atoms with Crippen molar-refractivity contribution in [2.45, 2.75) is 68.0 Å². The molecule has 0 bridgehead atoms. The lowest BCUT2D eigenvalue weighted by molar-refractivity contribution is -0.527. The highest BCUT2D eigenvalue weighted by Gasteiger charge is 2.28. The number of hydrogen-bond donors (Lipinski definition) is 1. The van der Waals surface area contributed by atoms with Crippen LogP contribution in [0.2, 0.25) is 0 Å². The van der Waals surface area contributed by atoms with E-state index in [1.54, 1.807) is 0 Å². The molecule has 1 heterocycles. The molecule has 1 N–H and O–H groups in total. The molecule has 2 unspecified atom stereocenters. The number of amidine groups is 1. The van der Waals surface area contributed by atoms with Crippen LogP contribution in [0.1, 0.15) is 55.9 Å². The molecule has 1 rings (SSSR count). The maximum absolute atomic E-state index is 3.36. The van der Waals surface area contributed by atoms with E-state index in [0.717, 1.165) is 0 Å². The monoisotopic (exact) mass is 214 g/mol. The van der Waals surface area contributed by atoms with E-state index in [9.17, 15) is 0 Å². The molecule has 0 saturated heterocycles. The quantitative estimate of drug-likeness (QED) is 0.484. The minimum absolute atomic E-state index is 0. The van der Waals surface area contributed by atoms with E-state index >= 15 is 0 Å². The molecular formula is C12H31BN2+. The highest BCUT2D eigenvalue weighted by molar-refractivity contribution is 5.76. The van der Waals surface area contributed by atoms with Gasteiger partial charge in [0.2, 0.25) is 5.84 Å². The van der Waals surface area contributed by atoms with Crippen molar-refractivity contribution in [3.05, 3.63) is 0 Å². The molecule has 91 valence electrons. The fraction of sp³-hybridized carbons (Fsp3) is 0.917. The summed E-state index contributed by atoms with van der Waals surface area (Å²) in [5.74, 6) is 1.29. The van der Waals surface area contributed by atoms with Crippen LogP contribution in [0.15, 0.2) is 0 Å². The maximum Gasteiger partial charge on any atom is 0.241 e. The van der Waals surface area contributed by atoms with Crippen molar-refractivity contribution < 1.29 is 4.58 Å². The maximum atomic E-state index is 3.36. The molecule has 15 heavy (non-hydrogen) atoms. The molecule has 0 fully saturated rings. The van der Waals surface area contributed by atoms with Crippen LogP contribution in [-0.4, -0.2) is 38.0 Å². The van der Waals surface area contributed by atoms with Gasteiger partial charge in [-0.15, -0.1) is 0 Å². The summed E-state index contributed by atoms with van der Waals surface area (Å²) in [6, 6.07) is 1.25. The third kappa shape index (κ3) is 7.46. The van der Waals surface area contributed by atoms with Crippen molar-refractivity contribution in [1.29, 1.82) is 0 Å². The van der Waals surface area contributed by atoms with Gasteiger partial charge in [0.05, 0.1) is 7.05 Å². The first-order chi connectivity index (χ1) is 6.13. The van der Waals surface area contributed by atoms with Crippen molar-refractivity contribution in [2.75, 3.05) is 7.05 Å². The Morgan fingerprint density at radius 2 is 1.40 bits per heavy atom. The normalized spacial score (nSPS) is 21.9. The van der Waals surface area contributed by atoms with Crippen LogP contribution < -0.4 is 5.32 Å². The Bertz CT molecular complexity index is 156. The van der Waals surface area contributed by atoms with Gasteiger partial charge < -0.3 is 0 Å². The van der Waals surface area contributed by atoms with E-state index < -0.39 is 0 Å². The lowest BCUT2D eigenvalue weighted by Gasteiger charge is -2.04. The van der Waals surface area contributed by atoms with Crippen molar-refractivity contribution in [3.8, 4) is 0 Å². The van der Waals surface area contributed by atoms with E-state index in [4.69, 9.17) is 0 Å². The van der Waals surface area contributed by atoms with Gasteiger partial charge in [0, 0.05) is 15.3 Å². The second-order valence-corrected chi connectivity index (χ2v) is 2.87. The first kappa shape index (κ1) is 24.0. The van der Waals surface area contributed by atoms with Crippen LogP contribution in [0.5, 0.6) is 0 Å². The molecule has 0 aromatic heterocycles. The van der Waals surface area contributed by atoms with Gasteiger partial charge in [0.15, 0.2) is 0 Å². The summed E-state index contributed by atoms with van der Waals surface area (Å²) in [7, 11) is 2.12. The lowest BCUT2D eigenvalue weighted by Crippen LogP contribution is -2.30. The smallest absolute Gasteiger partial charge is 0.241 e. The number of rotatable bonds is 0. The molecule has 0 aliphatic carbocycles. The van der Waals surface area contributed by atoms with Crippen LogP contribution in [0.25, 0.3) is 0 Å². The molecular weight excluding hydrogens is 183 g/mol. The third-order valence-corrected chi connectivity index (χ3v) is 2.30. The van der Waals surface area contributed by atoms with Crippen LogP contribution in [0.3, 0.4) is 0 Å². The first-order valence-corrected chi connectivity index (χ1v) is 5.46. The van der Waals surface area contributed by atoms with Crippen LogP contribution in [-0.2, 0) is 0 Å². The Labute approximate surface area is 99.7 Å². The minimum Gasteiger partial charge on any atom is -0.272 e. The Morgan fingerprint density at radius 1 is 1.07 bits per heavy atom. The predicted molar refractivity (Wildman–Crippen MR) is 74.1 cm³/mol. The fourth-order valence-corrected chi connectivity index (χ4v) is 1.19. The van der Waals surface area contributed by atoms with E-state index in [1.807, 2.05) is 27.7 Å². The van der Waals surface area contributed by atoms with Gasteiger partial charge in [-0.25, -0.2) is 0 Å². The van der Waals surface area contributed by atoms with Gasteiger partial charge in [-0.1, -0.05) is 35.1 Å². The summed E-state index contributed by atoms with van der Waals surface area (Å²) < 4.78 is 2.27. The van der Waals surface area contributed by atoms with E-state index in [-0.39, 0.29) is 15.8 Å². The standard InChI is InChI=1S/C7H14N2.2C2H6.CH4.B/c1-5-6(2)9(4)7(3)8-5;2*1-2;;/h5-6H,1-4H3;2*1-2H3;1H4;/p+1. The van der Waals surface area contributed by atoms with E-state index in [1.165, 1.54) is 5.84 Å². The van der Waals surface area contributed by atoms with Gasteiger partial charge in [-0.3, -0.25) is 9.89 Å².